The van der Waals surface area contributed by atoms with Gasteiger partial charge in [-0.15, -0.1) is 0 Å². The Hall–Kier alpha value is -4.22. The topological polar surface area (TPSA) is 90.7 Å². The molecule has 0 unspecified atom stereocenters. The number of carbonyl (C=O) groups is 2. The van der Waals surface area contributed by atoms with Crippen LogP contribution in [0.1, 0.15) is 52.7 Å². The van der Waals surface area contributed by atoms with E-state index in [-0.39, 0.29) is 12.2 Å². The molecule has 56 heavy (non-hydrogen) atoms. The van der Waals surface area contributed by atoms with E-state index in [0.29, 0.717) is 13.1 Å². The fourth-order valence-electron chi connectivity index (χ4n) is 5.64. The Balaban J connectivity index is 0.000000214. The second-order valence-electron chi connectivity index (χ2n) is 15.4. The number of rotatable bonds is 10. The van der Waals surface area contributed by atoms with E-state index in [2.05, 4.69) is 34.2 Å². The number of fused-ring (bicyclic) bond motifs is 2. The average molecular weight is 834 g/mol. The molecule has 0 saturated heterocycles. The predicted molar refractivity (Wildman–Crippen MR) is 233 cm³/mol. The van der Waals surface area contributed by atoms with Gasteiger partial charge in [0.25, 0.3) is 0 Å². The maximum Gasteiger partial charge on any atom is 0.410 e. The number of nitrogens with zero attached hydrogens (tertiary/aromatic N) is 2. The first-order chi connectivity index (χ1) is 26.5. The number of aromatic nitrogens is 2. The van der Waals surface area contributed by atoms with Gasteiger partial charge in [-0.2, -0.15) is 0 Å². The number of amides is 2. The molecule has 0 atom stereocenters. The molecule has 0 bridgehead atoms. The van der Waals surface area contributed by atoms with Gasteiger partial charge in [0.1, 0.15) is 11.2 Å². The molecule has 2 heterocycles. The number of nitrogens with one attached hydrogen (secondary N) is 2. The zero-order valence-corrected chi connectivity index (χ0v) is 36.3. The second kappa shape index (κ2) is 18.8. The van der Waals surface area contributed by atoms with Crippen LogP contribution in [-0.2, 0) is 22.3 Å². The van der Waals surface area contributed by atoms with Crippen molar-refractivity contribution in [2.24, 2.45) is 0 Å². The van der Waals surface area contributed by atoms with Crippen molar-refractivity contribution >= 4 is 80.7 Å². The number of ether oxygens (including phenoxy) is 2. The van der Waals surface area contributed by atoms with Crippen LogP contribution < -0.4 is 0 Å². The van der Waals surface area contributed by atoms with Crippen molar-refractivity contribution in [3.05, 3.63) is 118 Å². The largest absolute Gasteiger partial charge is 0.444 e. The zero-order valence-electron chi connectivity index (χ0n) is 33.2. The van der Waals surface area contributed by atoms with Crippen LogP contribution in [0.3, 0.4) is 0 Å². The second-order valence-corrected chi connectivity index (χ2v) is 18.4. The molecule has 6 rings (SSSR count). The third-order valence-electron chi connectivity index (χ3n) is 8.45. The Morgan fingerprint density at radius 1 is 0.625 bits per heavy atom. The minimum absolute atomic E-state index is 0.302. The van der Waals surface area contributed by atoms with Gasteiger partial charge in [-0.25, -0.2) is 9.59 Å². The van der Waals surface area contributed by atoms with E-state index in [1.807, 2.05) is 115 Å². The Labute approximate surface area is 348 Å². The van der Waals surface area contributed by atoms with Gasteiger partial charge in [0, 0.05) is 86.0 Å². The summed E-state index contributed by atoms with van der Waals surface area (Å²) in [4.78, 5) is 38.7. The van der Waals surface area contributed by atoms with Crippen molar-refractivity contribution in [1.29, 1.82) is 0 Å². The minimum Gasteiger partial charge on any atom is -0.444 e. The zero-order chi connectivity index (χ0) is 40.6. The van der Waals surface area contributed by atoms with Crippen LogP contribution in [0.15, 0.2) is 117 Å². The van der Waals surface area contributed by atoms with Crippen molar-refractivity contribution in [3.63, 3.8) is 0 Å². The maximum absolute atomic E-state index is 12.2. The molecule has 0 aliphatic rings. The smallest absolute Gasteiger partial charge is 0.410 e. The predicted octanol–water partition coefficient (Wildman–Crippen LogP) is 12.8. The van der Waals surface area contributed by atoms with Crippen LogP contribution in [0, 0.1) is 0 Å². The van der Waals surface area contributed by atoms with E-state index in [0.717, 1.165) is 59.4 Å². The average Bonchev–Trinajstić information content (AvgIpc) is 3.73. The highest BCUT2D eigenvalue weighted by Crippen LogP contribution is 2.39. The molecule has 2 amide bonds. The number of benzene rings is 4. The summed E-state index contributed by atoms with van der Waals surface area (Å²) in [6.07, 6.45) is 4.89. The Bertz CT molecular complexity index is 2280. The molecule has 0 saturated carbocycles. The van der Waals surface area contributed by atoms with Crippen molar-refractivity contribution in [1.82, 2.24) is 19.8 Å². The highest BCUT2D eigenvalue weighted by molar-refractivity contribution is 8.00. The van der Waals surface area contributed by atoms with Crippen LogP contribution >= 0.6 is 46.7 Å². The summed E-state index contributed by atoms with van der Waals surface area (Å²) in [6, 6.07) is 28.2. The van der Waals surface area contributed by atoms with E-state index in [9.17, 15) is 9.59 Å². The van der Waals surface area contributed by atoms with Crippen molar-refractivity contribution in [2.75, 3.05) is 27.2 Å². The molecule has 296 valence electrons. The van der Waals surface area contributed by atoms with Crippen LogP contribution in [0.2, 0.25) is 10.0 Å². The fraction of sp³-hybridized carbons (Fsp3) is 0.318. The van der Waals surface area contributed by atoms with Gasteiger partial charge in [0.15, 0.2) is 0 Å². The third kappa shape index (κ3) is 12.1. The van der Waals surface area contributed by atoms with E-state index >= 15 is 0 Å². The molecule has 8 nitrogen and oxygen atoms in total. The lowest BCUT2D eigenvalue weighted by molar-refractivity contribution is 0.0290. The first-order valence-corrected chi connectivity index (χ1v) is 20.8. The first kappa shape index (κ1) is 42.9. The van der Waals surface area contributed by atoms with Gasteiger partial charge in [-0.3, -0.25) is 0 Å². The molecule has 2 N–H and O–H groups in total. The van der Waals surface area contributed by atoms with Gasteiger partial charge in [-0.05, 0) is 108 Å². The fourth-order valence-corrected chi connectivity index (χ4v) is 8.35. The molecule has 4 aromatic carbocycles. The lowest BCUT2D eigenvalue weighted by Crippen LogP contribution is -2.35. The summed E-state index contributed by atoms with van der Waals surface area (Å²) >= 11 is 16.0. The van der Waals surface area contributed by atoms with Gasteiger partial charge in [0.05, 0.1) is 5.02 Å². The number of carbonyl (C=O) groups excluding carboxylic acids is 2. The number of aromatic amines is 2. The van der Waals surface area contributed by atoms with Crippen molar-refractivity contribution in [3.8, 4) is 0 Å². The van der Waals surface area contributed by atoms with Gasteiger partial charge in [-0.1, -0.05) is 89.2 Å². The van der Waals surface area contributed by atoms with Crippen LogP contribution in [0.25, 0.3) is 21.8 Å². The van der Waals surface area contributed by atoms with E-state index < -0.39 is 11.2 Å². The quantitative estimate of drug-likeness (QED) is 0.143. The molecule has 0 aliphatic heterocycles. The monoisotopic (exact) mass is 832 g/mol. The number of likely N-dealkylation sites (N-methyl/N-ethyl adjacent to an activating group) is 2. The summed E-state index contributed by atoms with van der Waals surface area (Å²) in [7, 11) is 3.54. The highest BCUT2D eigenvalue weighted by atomic mass is 35.5. The van der Waals surface area contributed by atoms with Crippen LogP contribution in [0.5, 0.6) is 0 Å². The number of H-pyrrole nitrogens is 2. The summed E-state index contributed by atoms with van der Waals surface area (Å²) in [5, 5.41) is 3.61. The Morgan fingerprint density at radius 2 is 1.12 bits per heavy atom. The number of hydrogen-bond donors (Lipinski definition) is 2. The third-order valence-corrected chi connectivity index (χ3v) is 11.3. The molecule has 6 aromatic rings. The molecule has 0 radical (unpaired) electrons. The summed E-state index contributed by atoms with van der Waals surface area (Å²) in [5.74, 6) is 0. The molecule has 0 spiro atoms. The Morgan fingerprint density at radius 3 is 1.68 bits per heavy atom. The van der Waals surface area contributed by atoms with E-state index in [1.165, 1.54) is 16.0 Å². The van der Waals surface area contributed by atoms with Gasteiger partial charge < -0.3 is 29.2 Å². The van der Waals surface area contributed by atoms with Gasteiger partial charge >= 0.3 is 12.2 Å². The SMILES string of the molecule is CN(CCc1ccccc1Sc1c[nH]c2ccc(Cl)cc12)C(=O)OC(C)(C)C.CN(CCc1ccccc1Sc1c[nH]c2cccc(Cl)c12)C(=O)OC(C)(C)C. The maximum atomic E-state index is 12.2. The van der Waals surface area contributed by atoms with Crippen molar-refractivity contribution in [2.45, 2.75) is 85.2 Å². The summed E-state index contributed by atoms with van der Waals surface area (Å²) < 4.78 is 10.9. The molecule has 0 fully saturated rings. The lowest BCUT2D eigenvalue weighted by atomic mass is 10.1. The van der Waals surface area contributed by atoms with E-state index in [4.69, 9.17) is 32.7 Å². The van der Waals surface area contributed by atoms with Crippen LogP contribution in [0.4, 0.5) is 9.59 Å². The summed E-state index contributed by atoms with van der Waals surface area (Å²) in [6.45, 7) is 12.4. The molecular weight excluding hydrogens is 784 g/mol. The van der Waals surface area contributed by atoms with Crippen LogP contribution in [-0.4, -0.2) is 70.3 Å². The highest BCUT2D eigenvalue weighted by Gasteiger charge is 2.21. The normalized spacial score (nSPS) is 11.6. The first-order valence-electron chi connectivity index (χ1n) is 18.4. The minimum atomic E-state index is -0.492. The molecule has 0 aliphatic carbocycles. The summed E-state index contributed by atoms with van der Waals surface area (Å²) in [5.41, 5.74) is 3.48. The molecular formula is C44H50Cl2N4O4S2. The number of hydrogen-bond acceptors (Lipinski definition) is 6. The molecule has 12 heteroatoms. The van der Waals surface area contributed by atoms with Gasteiger partial charge in [0.2, 0.25) is 0 Å². The standard InChI is InChI=1S/2C22H25ClN2O2S/c1-22(2,3)27-21(26)25(4)13-12-15-8-5-6-11-18(15)28-19-14-24-17-10-7-9-16(23)20(17)19;1-22(2,3)27-21(26)25(4)12-11-15-7-5-6-8-19(15)28-20-14-24-18-10-9-16(23)13-17(18)20/h5-11,14,24H,12-13H2,1-4H3;5-10,13-14,24H,11-12H2,1-4H3. The Kier molecular flexibility index (Phi) is 14.4. The lowest BCUT2D eigenvalue weighted by Gasteiger charge is -2.24. The van der Waals surface area contributed by atoms with Crippen molar-refractivity contribution < 1.29 is 19.1 Å². The van der Waals surface area contributed by atoms with E-state index in [1.54, 1.807) is 47.4 Å². The number of halogens is 2. The molecule has 2 aromatic heterocycles.